The van der Waals surface area contributed by atoms with Crippen LogP contribution in [-0.4, -0.2) is 116 Å². The summed E-state index contributed by atoms with van der Waals surface area (Å²) >= 11 is 0. The fraction of sp³-hybridized carbons (Fsp3) is 0.658. The van der Waals surface area contributed by atoms with E-state index in [4.69, 9.17) is 9.47 Å². The Hall–Kier alpha value is -4.53. The molecule has 3 fully saturated rings. The third-order valence-corrected chi connectivity index (χ3v) is 10.5. The molecule has 1 aliphatic heterocycles. The van der Waals surface area contributed by atoms with E-state index in [1.54, 1.807) is 65.2 Å². The van der Waals surface area contributed by atoms with E-state index in [1.165, 1.54) is 16.9 Å². The molecule has 1 heterocycles. The predicted octanol–water partition coefficient (Wildman–Crippen LogP) is 1.71. The molecule has 2 aliphatic carbocycles. The maximum atomic E-state index is 14.3. The first-order valence-electron chi connectivity index (χ1n) is 18.3. The van der Waals surface area contributed by atoms with Gasteiger partial charge in [-0.2, -0.15) is 0 Å². The third-order valence-electron chi connectivity index (χ3n) is 10.5. The molecule has 1 aromatic carbocycles. The number of likely N-dealkylation sites (tertiary alicyclic amines) is 1. The Balaban J connectivity index is 1.45. The first kappa shape index (κ1) is 41.2. The molecule has 4 rings (SSSR count). The molecule has 0 bridgehead atoms. The van der Waals surface area contributed by atoms with Crippen LogP contribution in [0.15, 0.2) is 30.3 Å². The molecule has 15 nitrogen and oxygen atoms in total. The lowest BCUT2D eigenvalue weighted by Gasteiger charge is -2.37. The van der Waals surface area contributed by atoms with Gasteiger partial charge in [0.1, 0.15) is 29.8 Å². The van der Waals surface area contributed by atoms with Gasteiger partial charge in [0.2, 0.25) is 29.4 Å². The lowest BCUT2D eigenvalue weighted by atomic mass is 9.83. The standard InChI is InChI=1S/C38H56N6O9/c1-37(2,3)53-36(51)42-29(23-17-13-10-14-18-23)35(50)44-20-24-27(38(24,4)5)30(44)32(47)40-25(21-52-8)31(46)33(48)39-19-26(45)41-28(34(49)43(6)7)22-15-11-9-12-16-22/h9,11-12,15-16,23-25,27-30H,10,13-14,17-21H2,1-8H3,(H,39,48)(H,40,47)(H,41,45)(H,42,51)/t24?,25?,27-,28+,29+,30?/m1/s1. The predicted molar refractivity (Wildman–Crippen MR) is 194 cm³/mol. The van der Waals surface area contributed by atoms with Crippen molar-refractivity contribution < 1.29 is 43.0 Å². The van der Waals surface area contributed by atoms with E-state index >= 15 is 0 Å². The number of likely N-dealkylation sites (N-methyl/N-ethyl adjacent to an activating group) is 1. The molecule has 4 N–H and O–H groups in total. The number of piperidine rings is 1. The number of Topliss-reactive ketones (excluding diaryl/α,β-unsaturated/α-hetero) is 1. The molecule has 1 aromatic rings. The molecule has 2 saturated carbocycles. The van der Waals surface area contributed by atoms with Crippen molar-refractivity contribution in [1.82, 2.24) is 31.1 Å². The van der Waals surface area contributed by atoms with Gasteiger partial charge in [-0.1, -0.05) is 63.4 Å². The highest BCUT2D eigenvalue weighted by Crippen LogP contribution is 2.65. The minimum atomic E-state index is -1.42. The molecule has 0 aromatic heterocycles. The van der Waals surface area contributed by atoms with Gasteiger partial charge in [-0.05, 0) is 62.3 Å². The van der Waals surface area contributed by atoms with Gasteiger partial charge in [0.15, 0.2) is 0 Å². The van der Waals surface area contributed by atoms with Crippen molar-refractivity contribution in [2.45, 2.75) is 96.5 Å². The Morgan fingerprint density at radius 3 is 2.17 bits per heavy atom. The number of carbonyl (C=O) groups is 7. The van der Waals surface area contributed by atoms with Crippen molar-refractivity contribution in [2.75, 3.05) is 40.9 Å². The molecular weight excluding hydrogens is 684 g/mol. The lowest BCUT2D eigenvalue weighted by Crippen LogP contribution is -2.60. The summed E-state index contributed by atoms with van der Waals surface area (Å²) in [6.07, 6.45) is 3.64. The van der Waals surface area contributed by atoms with E-state index in [-0.39, 0.29) is 41.6 Å². The van der Waals surface area contributed by atoms with Crippen LogP contribution < -0.4 is 21.3 Å². The summed E-state index contributed by atoms with van der Waals surface area (Å²) in [6.45, 7) is 8.60. The van der Waals surface area contributed by atoms with Crippen molar-refractivity contribution in [3.8, 4) is 0 Å². The van der Waals surface area contributed by atoms with Crippen molar-refractivity contribution >= 4 is 41.4 Å². The second-order valence-corrected chi connectivity index (χ2v) is 16.1. The van der Waals surface area contributed by atoms with Crippen LogP contribution in [0.3, 0.4) is 0 Å². The molecule has 6 amide bonds. The summed E-state index contributed by atoms with van der Waals surface area (Å²) in [5.41, 5.74) is -0.494. The van der Waals surface area contributed by atoms with Crippen LogP contribution >= 0.6 is 0 Å². The summed E-state index contributed by atoms with van der Waals surface area (Å²) in [4.78, 5) is 96.3. The number of nitrogens with one attached hydrogen (secondary N) is 4. The van der Waals surface area contributed by atoms with E-state index in [0.29, 0.717) is 12.1 Å². The minimum absolute atomic E-state index is 0.0215. The van der Waals surface area contributed by atoms with E-state index in [9.17, 15) is 33.6 Å². The highest BCUT2D eigenvalue weighted by Gasteiger charge is 2.69. The molecule has 3 unspecified atom stereocenters. The van der Waals surface area contributed by atoms with Gasteiger partial charge >= 0.3 is 6.09 Å². The van der Waals surface area contributed by atoms with Gasteiger partial charge in [0.25, 0.3) is 5.91 Å². The summed E-state index contributed by atoms with van der Waals surface area (Å²) in [5.74, 6) is -4.61. The number of benzene rings is 1. The van der Waals surface area contributed by atoms with Crippen molar-refractivity contribution in [1.29, 1.82) is 0 Å². The van der Waals surface area contributed by atoms with Crippen LogP contribution in [0.4, 0.5) is 4.79 Å². The summed E-state index contributed by atoms with van der Waals surface area (Å²) in [7, 11) is 4.41. The van der Waals surface area contributed by atoms with E-state index < -0.39 is 65.9 Å². The second kappa shape index (κ2) is 17.1. The number of methoxy groups -OCH3 is 1. The smallest absolute Gasteiger partial charge is 0.408 e. The Morgan fingerprint density at radius 2 is 1.58 bits per heavy atom. The maximum absolute atomic E-state index is 14.3. The second-order valence-electron chi connectivity index (χ2n) is 16.1. The van der Waals surface area contributed by atoms with Gasteiger partial charge in [-0.15, -0.1) is 0 Å². The number of carbonyl (C=O) groups excluding carboxylic acids is 7. The van der Waals surface area contributed by atoms with E-state index in [2.05, 4.69) is 21.3 Å². The number of alkyl carbamates (subject to hydrolysis) is 1. The largest absolute Gasteiger partial charge is 0.444 e. The number of hydrogen-bond acceptors (Lipinski definition) is 9. The van der Waals surface area contributed by atoms with Gasteiger partial charge in [0, 0.05) is 27.7 Å². The molecular formula is C38H56N6O9. The zero-order chi connectivity index (χ0) is 39.2. The van der Waals surface area contributed by atoms with Gasteiger partial charge in [-0.3, -0.25) is 28.8 Å². The quantitative estimate of drug-likeness (QED) is 0.206. The molecule has 15 heteroatoms. The molecule has 0 radical (unpaired) electrons. The fourth-order valence-electron chi connectivity index (χ4n) is 7.69. The first-order valence-corrected chi connectivity index (χ1v) is 18.3. The average molecular weight is 741 g/mol. The number of amides is 6. The number of ketones is 1. The van der Waals surface area contributed by atoms with Crippen molar-refractivity contribution in [3.05, 3.63) is 35.9 Å². The molecule has 3 aliphatic rings. The lowest BCUT2D eigenvalue weighted by molar-refractivity contribution is -0.145. The van der Waals surface area contributed by atoms with E-state index in [1.807, 2.05) is 13.8 Å². The normalized spacial score (nSPS) is 22.3. The number of rotatable bonds is 14. The number of nitrogens with zero attached hydrogens (tertiary/aromatic N) is 2. The summed E-state index contributed by atoms with van der Waals surface area (Å²) < 4.78 is 10.7. The fourth-order valence-corrected chi connectivity index (χ4v) is 7.69. The van der Waals surface area contributed by atoms with Crippen LogP contribution in [0.25, 0.3) is 0 Å². The Kier molecular flexibility index (Phi) is 13.3. The average Bonchev–Trinajstić information content (AvgIpc) is 3.41. The molecule has 6 atom stereocenters. The number of hydrogen-bond donors (Lipinski definition) is 4. The molecule has 1 saturated heterocycles. The SMILES string of the molecule is COCC(NC(=O)C1[C@H]2C(CN1C(=O)[C@@H](NC(=O)OC(C)(C)C)C1CCCCC1)C2(C)C)C(=O)C(=O)NCC(=O)N[C@H](C(=O)N(C)C)c1ccccc1. The van der Waals surface area contributed by atoms with Crippen molar-refractivity contribution in [2.24, 2.45) is 23.2 Å². The highest BCUT2D eigenvalue weighted by molar-refractivity contribution is 6.38. The molecule has 292 valence electrons. The van der Waals surface area contributed by atoms with E-state index in [0.717, 1.165) is 32.1 Å². The van der Waals surface area contributed by atoms with Crippen LogP contribution in [-0.2, 0) is 38.2 Å². The number of ether oxygens (including phenoxy) is 2. The molecule has 53 heavy (non-hydrogen) atoms. The Bertz CT molecular complexity index is 1540. The van der Waals surface area contributed by atoms with Gasteiger partial charge in [0.05, 0.1) is 13.2 Å². The zero-order valence-corrected chi connectivity index (χ0v) is 32.2. The van der Waals surface area contributed by atoms with Crippen LogP contribution in [0, 0.1) is 23.2 Å². The highest BCUT2D eigenvalue weighted by atomic mass is 16.6. The monoisotopic (exact) mass is 740 g/mol. The maximum Gasteiger partial charge on any atom is 0.408 e. The summed E-state index contributed by atoms with van der Waals surface area (Å²) in [5, 5.41) is 10.3. The Morgan fingerprint density at radius 1 is 0.943 bits per heavy atom. The van der Waals surface area contributed by atoms with Gasteiger partial charge < -0.3 is 40.5 Å². The van der Waals surface area contributed by atoms with Crippen molar-refractivity contribution in [3.63, 3.8) is 0 Å². The minimum Gasteiger partial charge on any atom is -0.444 e. The van der Waals surface area contributed by atoms with Crippen LogP contribution in [0.1, 0.15) is 78.3 Å². The molecule has 0 spiro atoms. The third kappa shape index (κ3) is 10.1. The Labute approximate surface area is 311 Å². The van der Waals surface area contributed by atoms with Crippen LogP contribution in [0.2, 0.25) is 0 Å². The van der Waals surface area contributed by atoms with Gasteiger partial charge in [-0.25, -0.2) is 4.79 Å². The first-order chi connectivity index (χ1) is 24.9. The zero-order valence-electron chi connectivity index (χ0n) is 32.2. The summed E-state index contributed by atoms with van der Waals surface area (Å²) in [6, 6.07) is 4.29. The topological polar surface area (TPSA) is 193 Å². The van der Waals surface area contributed by atoms with Crippen LogP contribution in [0.5, 0.6) is 0 Å². The number of fused-ring (bicyclic) bond motifs is 1.